The van der Waals surface area contributed by atoms with Crippen LogP contribution in [-0.2, 0) is 13.7 Å². The van der Waals surface area contributed by atoms with Gasteiger partial charge in [0.05, 0.1) is 12.4 Å². The van der Waals surface area contributed by atoms with E-state index in [1.54, 1.807) is 11.0 Å². The van der Waals surface area contributed by atoms with Crippen molar-refractivity contribution in [3.05, 3.63) is 77.1 Å². The highest BCUT2D eigenvalue weighted by Crippen LogP contribution is 2.23. The lowest BCUT2D eigenvalue weighted by Gasteiger charge is -2.25. The molecule has 2 aromatic carbocycles. The van der Waals surface area contributed by atoms with Gasteiger partial charge in [-0.3, -0.25) is 4.90 Å². The van der Waals surface area contributed by atoms with Gasteiger partial charge in [-0.2, -0.15) is 10.2 Å². The topological polar surface area (TPSA) is 56.7 Å². The van der Waals surface area contributed by atoms with Crippen molar-refractivity contribution in [3.63, 3.8) is 0 Å². The van der Waals surface area contributed by atoms with Gasteiger partial charge in [0.2, 0.25) is 0 Å². The Labute approximate surface area is 181 Å². The minimum Gasteiger partial charge on any atom is -0.303 e. The number of nitrogens with zero attached hydrogens (tertiary/aromatic N) is 7. The highest BCUT2D eigenvalue weighted by atomic mass is 32.1. The lowest BCUT2D eigenvalue weighted by Crippen LogP contribution is -2.26. The Bertz CT molecular complexity index is 1190. The summed E-state index contributed by atoms with van der Waals surface area (Å²) in [5, 5.41) is 8.99. The van der Waals surface area contributed by atoms with Crippen molar-refractivity contribution in [3.8, 4) is 17.1 Å². The SMILES string of the molecule is Cc1ccccc1-c1nn(CN(C)[C@H](C)c2ccc(-n3cncn3)cc2)c(=S)n1C. The lowest BCUT2D eigenvalue weighted by atomic mass is 10.1. The third-order valence-corrected chi connectivity index (χ3v) is 5.99. The molecule has 0 saturated heterocycles. The van der Waals surface area contributed by atoms with E-state index >= 15 is 0 Å². The predicted molar refractivity (Wildman–Crippen MR) is 120 cm³/mol. The van der Waals surface area contributed by atoms with E-state index in [2.05, 4.69) is 72.3 Å². The van der Waals surface area contributed by atoms with Gasteiger partial charge >= 0.3 is 0 Å². The normalized spacial score (nSPS) is 12.4. The number of aryl methyl sites for hydroxylation is 1. The molecule has 4 aromatic rings. The summed E-state index contributed by atoms with van der Waals surface area (Å²) in [5.41, 5.74) is 4.48. The Morgan fingerprint density at radius 2 is 1.83 bits per heavy atom. The third-order valence-electron chi connectivity index (χ3n) is 5.50. The molecule has 0 fully saturated rings. The summed E-state index contributed by atoms with van der Waals surface area (Å²) in [4.78, 5) is 6.23. The highest BCUT2D eigenvalue weighted by Gasteiger charge is 2.16. The van der Waals surface area contributed by atoms with Crippen LogP contribution in [0.3, 0.4) is 0 Å². The van der Waals surface area contributed by atoms with Gasteiger partial charge in [-0.25, -0.2) is 14.3 Å². The molecule has 0 unspecified atom stereocenters. The summed E-state index contributed by atoms with van der Waals surface area (Å²) in [5.74, 6) is 0.885. The quantitative estimate of drug-likeness (QED) is 0.439. The molecular formula is C22H25N7S. The Morgan fingerprint density at radius 3 is 2.50 bits per heavy atom. The standard InChI is InChI=1S/C22H25N7S/c1-16-7-5-6-8-20(16)21-25-29(22(30)27(21)4)15-26(3)17(2)18-9-11-19(12-10-18)28-14-23-13-24-28/h5-14,17H,15H2,1-4H3/t17-/m1/s1. The Balaban J connectivity index is 1.54. The van der Waals surface area contributed by atoms with E-state index in [1.165, 1.54) is 17.5 Å². The molecule has 154 valence electrons. The maximum absolute atomic E-state index is 5.66. The van der Waals surface area contributed by atoms with Crippen molar-refractivity contribution in [2.45, 2.75) is 26.6 Å². The Morgan fingerprint density at radius 1 is 1.10 bits per heavy atom. The third kappa shape index (κ3) is 3.83. The largest absolute Gasteiger partial charge is 0.303 e. The van der Waals surface area contributed by atoms with Gasteiger partial charge in [0, 0.05) is 18.7 Å². The summed E-state index contributed by atoms with van der Waals surface area (Å²) in [6.07, 6.45) is 3.23. The fourth-order valence-corrected chi connectivity index (χ4v) is 3.66. The second-order valence-electron chi connectivity index (χ2n) is 7.49. The van der Waals surface area contributed by atoms with Crippen LogP contribution in [0, 0.1) is 11.7 Å². The first-order valence-electron chi connectivity index (χ1n) is 9.80. The van der Waals surface area contributed by atoms with Crippen LogP contribution in [0.2, 0.25) is 0 Å². The highest BCUT2D eigenvalue weighted by molar-refractivity contribution is 7.71. The minimum atomic E-state index is 0.195. The van der Waals surface area contributed by atoms with Crippen LogP contribution < -0.4 is 0 Å². The van der Waals surface area contributed by atoms with Crippen LogP contribution in [0.25, 0.3) is 17.1 Å². The molecule has 4 rings (SSSR count). The van der Waals surface area contributed by atoms with E-state index < -0.39 is 0 Å². The minimum absolute atomic E-state index is 0.195. The molecule has 0 radical (unpaired) electrons. The number of rotatable bonds is 6. The molecule has 0 aliphatic rings. The maximum Gasteiger partial charge on any atom is 0.199 e. The first kappa shape index (κ1) is 20.2. The predicted octanol–water partition coefficient (Wildman–Crippen LogP) is 4.16. The number of benzene rings is 2. The first-order chi connectivity index (χ1) is 14.5. The molecule has 2 aromatic heterocycles. The van der Waals surface area contributed by atoms with Crippen LogP contribution in [0.4, 0.5) is 0 Å². The number of hydrogen-bond acceptors (Lipinski definition) is 5. The van der Waals surface area contributed by atoms with E-state index in [1.807, 2.05) is 28.4 Å². The summed E-state index contributed by atoms with van der Waals surface area (Å²) in [6, 6.07) is 16.8. The molecule has 7 nitrogen and oxygen atoms in total. The van der Waals surface area contributed by atoms with Crippen molar-refractivity contribution in [1.29, 1.82) is 0 Å². The number of aromatic nitrogens is 6. The molecule has 30 heavy (non-hydrogen) atoms. The van der Waals surface area contributed by atoms with Gasteiger partial charge in [-0.1, -0.05) is 36.4 Å². The Kier molecular flexibility index (Phi) is 5.61. The lowest BCUT2D eigenvalue weighted by molar-refractivity contribution is 0.194. The van der Waals surface area contributed by atoms with E-state index in [9.17, 15) is 0 Å². The molecule has 0 aliphatic carbocycles. The van der Waals surface area contributed by atoms with Crippen LogP contribution >= 0.6 is 12.2 Å². The van der Waals surface area contributed by atoms with Gasteiger partial charge in [0.15, 0.2) is 10.6 Å². The van der Waals surface area contributed by atoms with E-state index in [4.69, 9.17) is 17.3 Å². The molecule has 0 aliphatic heterocycles. The summed E-state index contributed by atoms with van der Waals surface area (Å²) in [7, 11) is 4.06. The van der Waals surface area contributed by atoms with Crippen molar-refractivity contribution < 1.29 is 0 Å². The van der Waals surface area contributed by atoms with Crippen molar-refractivity contribution in [2.75, 3.05) is 7.05 Å². The molecule has 0 amide bonds. The molecule has 1 atom stereocenters. The molecular weight excluding hydrogens is 394 g/mol. The second-order valence-corrected chi connectivity index (χ2v) is 7.85. The number of hydrogen-bond donors (Lipinski definition) is 0. The van der Waals surface area contributed by atoms with Gasteiger partial charge in [0.25, 0.3) is 0 Å². The monoisotopic (exact) mass is 419 g/mol. The van der Waals surface area contributed by atoms with E-state index in [0.29, 0.717) is 11.4 Å². The van der Waals surface area contributed by atoms with E-state index in [-0.39, 0.29) is 6.04 Å². The van der Waals surface area contributed by atoms with Crippen molar-refractivity contribution in [1.82, 2.24) is 34.0 Å². The van der Waals surface area contributed by atoms with Crippen molar-refractivity contribution >= 4 is 12.2 Å². The van der Waals surface area contributed by atoms with Gasteiger partial charge in [0.1, 0.15) is 12.7 Å². The average Bonchev–Trinajstić information content (AvgIpc) is 3.39. The van der Waals surface area contributed by atoms with E-state index in [0.717, 1.165) is 17.1 Å². The second kappa shape index (κ2) is 8.33. The van der Waals surface area contributed by atoms with Crippen LogP contribution in [0.5, 0.6) is 0 Å². The molecule has 0 N–H and O–H groups in total. The summed E-state index contributed by atoms with van der Waals surface area (Å²) in [6.45, 7) is 4.87. The first-order valence-corrected chi connectivity index (χ1v) is 10.2. The van der Waals surface area contributed by atoms with Gasteiger partial charge < -0.3 is 4.57 Å². The smallest absolute Gasteiger partial charge is 0.199 e. The molecule has 8 heteroatoms. The van der Waals surface area contributed by atoms with Gasteiger partial charge in [-0.05, 0) is 56.4 Å². The van der Waals surface area contributed by atoms with Gasteiger partial charge in [-0.15, -0.1) is 0 Å². The molecule has 0 saturated carbocycles. The zero-order valence-corrected chi connectivity index (χ0v) is 18.4. The average molecular weight is 420 g/mol. The summed E-state index contributed by atoms with van der Waals surface area (Å²) >= 11 is 5.66. The fourth-order valence-electron chi connectivity index (χ4n) is 3.47. The zero-order valence-electron chi connectivity index (χ0n) is 17.6. The van der Waals surface area contributed by atoms with Crippen LogP contribution in [0.15, 0.2) is 61.2 Å². The zero-order chi connectivity index (χ0) is 21.3. The maximum atomic E-state index is 5.66. The molecule has 2 heterocycles. The van der Waals surface area contributed by atoms with Crippen LogP contribution in [-0.4, -0.2) is 41.1 Å². The van der Waals surface area contributed by atoms with Crippen LogP contribution in [0.1, 0.15) is 24.1 Å². The Hall–Kier alpha value is -3.10. The molecule has 0 spiro atoms. The summed E-state index contributed by atoms with van der Waals surface area (Å²) < 4.78 is 6.31. The van der Waals surface area contributed by atoms with Crippen molar-refractivity contribution in [2.24, 2.45) is 7.05 Å². The fraction of sp³-hybridized carbons (Fsp3) is 0.273. The molecule has 0 bridgehead atoms.